The predicted octanol–water partition coefficient (Wildman–Crippen LogP) is 2.89. The van der Waals surface area contributed by atoms with E-state index in [2.05, 4.69) is 23.2 Å². The van der Waals surface area contributed by atoms with Gasteiger partial charge >= 0.3 is 0 Å². The molecule has 2 unspecified atom stereocenters. The Hall–Kier alpha value is -1.67. The Kier molecular flexibility index (Phi) is 2.00. The molecule has 1 fully saturated rings. The molecule has 1 aromatic carbocycles. The highest BCUT2D eigenvalue weighted by Crippen LogP contribution is 2.50. The second-order valence-corrected chi connectivity index (χ2v) is 3.67. The van der Waals surface area contributed by atoms with Crippen LogP contribution in [-0.4, -0.2) is 4.98 Å². The van der Waals surface area contributed by atoms with E-state index in [1.54, 1.807) is 6.20 Å². The molecule has 2 heterocycles. The number of hydrogen-bond acceptors (Lipinski definition) is 2. The van der Waals surface area contributed by atoms with Gasteiger partial charge in [-0.2, -0.15) is 0 Å². The highest BCUT2D eigenvalue weighted by atomic mass is 16.6. The van der Waals surface area contributed by atoms with E-state index in [0.717, 1.165) is 5.56 Å². The van der Waals surface area contributed by atoms with Crippen LogP contribution >= 0.6 is 0 Å². The summed E-state index contributed by atoms with van der Waals surface area (Å²) < 4.78 is 5.65. The number of pyridine rings is 1. The minimum Gasteiger partial charge on any atom is -0.359 e. The molecule has 0 amide bonds. The summed E-state index contributed by atoms with van der Waals surface area (Å²) in [6, 6.07) is 14.3. The summed E-state index contributed by atoms with van der Waals surface area (Å²) in [4.78, 5) is 4.09. The maximum Gasteiger partial charge on any atom is 0.115 e. The molecule has 2 atom stereocenters. The van der Waals surface area contributed by atoms with Gasteiger partial charge in [-0.15, -0.1) is 0 Å². The first-order valence-electron chi connectivity index (χ1n) is 5.05. The number of nitrogens with zero attached hydrogens (tertiary/aromatic N) is 1. The molecule has 2 aromatic rings. The van der Waals surface area contributed by atoms with E-state index in [1.807, 2.05) is 30.5 Å². The number of ether oxygens (including phenoxy) is 1. The summed E-state index contributed by atoms with van der Waals surface area (Å²) in [6.07, 6.45) is 4.06. The van der Waals surface area contributed by atoms with Gasteiger partial charge in [-0.1, -0.05) is 36.4 Å². The van der Waals surface area contributed by atoms with Gasteiger partial charge in [0.2, 0.25) is 0 Å². The summed E-state index contributed by atoms with van der Waals surface area (Å²) in [5, 5.41) is 0. The maximum atomic E-state index is 5.65. The zero-order valence-electron chi connectivity index (χ0n) is 8.21. The Morgan fingerprint density at radius 2 is 1.60 bits per heavy atom. The van der Waals surface area contributed by atoms with Crippen LogP contribution in [0.2, 0.25) is 0 Å². The fourth-order valence-electron chi connectivity index (χ4n) is 1.81. The lowest BCUT2D eigenvalue weighted by Gasteiger charge is -1.95. The molecule has 0 bridgehead atoms. The maximum absolute atomic E-state index is 5.65. The van der Waals surface area contributed by atoms with Gasteiger partial charge in [0.15, 0.2) is 0 Å². The first-order valence-corrected chi connectivity index (χ1v) is 5.05. The molecule has 74 valence electrons. The van der Waals surface area contributed by atoms with Crippen molar-refractivity contribution >= 4 is 0 Å². The van der Waals surface area contributed by atoms with E-state index in [9.17, 15) is 0 Å². The largest absolute Gasteiger partial charge is 0.359 e. The van der Waals surface area contributed by atoms with Gasteiger partial charge in [-0.05, 0) is 11.6 Å². The van der Waals surface area contributed by atoms with Gasteiger partial charge in [-0.3, -0.25) is 4.98 Å². The lowest BCUT2D eigenvalue weighted by molar-refractivity contribution is 0.377. The topological polar surface area (TPSA) is 25.4 Å². The molecule has 0 saturated carbocycles. The smallest absolute Gasteiger partial charge is 0.115 e. The monoisotopic (exact) mass is 197 g/mol. The Bertz CT molecular complexity index is 397. The normalized spacial score (nSPS) is 23.7. The van der Waals surface area contributed by atoms with Crippen LogP contribution in [0.1, 0.15) is 23.3 Å². The van der Waals surface area contributed by atoms with Crippen LogP contribution in [0.25, 0.3) is 0 Å². The predicted molar refractivity (Wildman–Crippen MR) is 57.2 cm³/mol. The first-order chi connectivity index (χ1) is 7.45. The average Bonchev–Trinajstić information content (AvgIpc) is 3.11. The van der Waals surface area contributed by atoms with Gasteiger partial charge in [0, 0.05) is 18.0 Å². The molecule has 15 heavy (non-hydrogen) atoms. The third-order valence-corrected chi connectivity index (χ3v) is 2.63. The van der Waals surface area contributed by atoms with E-state index in [1.165, 1.54) is 5.56 Å². The molecule has 1 aromatic heterocycles. The number of rotatable bonds is 2. The van der Waals surface area contributed by atoms with E-state index in [0.29, 0.717) is 0 Å². The van der Waals surface area contributed by atoms with Crippen LogP contribution in [0.15, 0.2) is 54.9 Å². The van der Waals surface area contributed by atoms with Crippen molar-refractivity contribution in [1.82, 2.24) is 4.98 Å². The lowest BCUT2D eigenvalue weighted by Crippen LogP contribution is -1.84. The molecule has 0 spiro atoms. The molecular formula is C13H11NO. The Morgan fingerprint density at radius 3 is 2.33 bits per heavy atom. The summed E-state index contributed by atoms with van der Waals surface area (Å²) in [5.41, 5.74) is 2.40. The Balaban J connectivity index is 1.81. The van der Waals surface area contributed by atoms with Crippen molar-refractivity contribution in [3.63, 3.8) is 0 Å². The first kappa shape index (κ1) is 8.62. The standard InChI is InChI=1S/C13H11NO/c1-2-5-10(6-3-1)12-13(15-12)11-7-4-8-14-9-11/h1-9,12-13H. The Morgan fingerprint density at radius 1 is 0.867 bits per heavy atom. The van der Waals surface area contributed by atoms with Crippen molar-refractivity contribution in [2.75, 3.05) is 0 Å². The quantitative estimate of drug-likeness (QED) is 0.692. The van der Waals surface area contributed by atoms with Crippen LogP contribution < -0.4 is 0 Å². The Labute approximate surface area is 88.5 Å². The van der Waals surface area contributed by atoms with Crippen LogP contribution in [-0.2, 0) is 4.74 Å². The van der Waals surface area contributed by atoms with E-state index in [4.69, 9.17) is 4.74 Å². The van der Waals surface area contributed by atoms with E-state index in [-0.39, 0.29) is 12.2 Å². The van der Waals surface area contributed by atoms with Gasteiger partial charge in [0.25, 0.3) is 0 Å². The van der Waals surface area contributed by atoms with Crippen molar-refractivity contribution in [2.45, 2.75) is 12.2 Å². The molecule has 1 aliphatic heterocycles. The fourth-order valence-corrected chi connectivity index (χ4v) is 1.81. The molecule has 2 nitrogen and oxygen atoms in total. The van der Waals surface area contributed by atoms with Crippen LogP contribution in [0.5, 0.6) is 0 Å². The SMILES string of the molecule is c1ccc(C2OC2c2cccnc2)cc1. The highest BCUT2D eigenvalue weighted by Gasteiger charge is 2.41. The summed E-state index contributed by atoms with van der Waals surface area (Å²) >= 11 is 0. The average molecular weight is 197 g/mol. The van der Waals surface area contributed by atoms with Gasteiger partial charge < -0.3 is 4.74 Å². The number of benzene rings is 1. The van der Waals surface area contributed by atoms with Crippen molar-refractivity contribution in [1.29, 1.82) is 0 Å². The van der Waals surface area contributed by atoms with Crippen molar-refractivity contribution < 1.29 is 4.74 Å². The molecule has 3 rings (SSSR count). The van der Waals surface area contributed by atoms with E-state index >= 15 is 0 Å². The molecule has 0 radical (unpaired) electrons. The highest BCUT2D eigenvalue weighted by molar-refractivity contribution is 5.28. The number of hydrogen-bond donors (Lipinski definition) is 0. The van der Waals surface area contributed by atoms with Gasteiger partial charge in [0.05, 0.1) is 0 Å². The summed E-state index contributed by atoms with van der Waals surface area (Å²) in [6.45, 7) is 0. The summed E-state index contributed by atoms with van der Waals surface area (Å²) in [7, 11) is 0. The van der Waals surface area contributed by atoms with Crippen LogP contribution in [0, 0.1) is 0 Å². The minimum atomic E-state index is 0.195. The second-order valence-electron chi connectivity index (χ2n) is 3.67. The molecule has 1 saturated heterocycles. The second kappa shape index (κ2) is 3.48. The van der Waals surface area contributed by atoms with Crippen molar-refractivity contribution in [2.24, 2.45) is 0 Å². The van der Waals surface area contributed by atoms with Crippen LogP contribution in [0.3, 0.4) is 0 Å². The van der Waals surface area contributed by atoms with Crippen LogP contribution in [0.4, 0.5) is 0 Å². The zero-order chi connectivity index (χ0) is 10.1. The summed E-state index contributed by atoms with van der Waals surface area (Å²) in [5.74, 6) is 0. The number of aromatic nitrogens is 1. The third kappa shape index (κ3) is 1.64. The third-order valence-electron chi connectivity index (χ3n) is 2.63. The van der Waals surface area contributed by atoms with E-state index < -0.39 is 0 Å². The van der Waals surface area contributed by atoms with Gasteiger partial charge in [0.1, 0.15) is 12.2 Å². The minimum absolute atomic E-state index is 0.195. The molecule has 1 aliphatic rings. The molecule has 2 heteroatoms. The van der Waals surface area contributed by atoms with Gasteiger partial charge in [-0.25, -0.2) is 0 Å². The number of epoxide rings is 1. The molecule has 0 N–H and O–H groups in total. The fraction of sp³-hybridized carbons (Fsp3) is 0.154. The van der Waals surface area contributed by atoms with Crippen molar-refractivity contribution in [3.8, 4) is 0 Å². The lowest BCUT2D eigenvalue weighted by atomic mass is 10.1. The molecule has 0 aliphatic carbocycles. The van der Waals surface area contributed by atoms with Crippen molar-refractivity contribution in [3.05, 3.63) is 66.0 Å². The zero-order valence-corrected chi connectivity index (χ0v) is 8.21. The molecular weight excluding hydrogens is 186 g/mol.